The van der Waals surface area contributed by atoms with Crippen LogP contribution in [0.3, 0.4) is 0 Å². The highest BCUT2D eigenvalue weighted by Crippen LogP contribution is 2.26. The van der Waals surface area contributed by atoms with Gasteiger partial charge in [-0.1, -0.05) is 12.1 Å². The van der Waals surface area contributed by atoms with Gasteiger partial charge in [-0.3, -0.25) is 0 Å². The standard InChI is InChI=1S/C12H18BrNOS/c1-10(9-15-2)14-7-8-16-12-6-4-3-5-11(12)13/h3-6,10,14H,7-9H2,1-2H3. The Balaban J connectivity index is 2.19. The fraction of sp³-hybridized carbons (Fsp3) is 0.500. The molecule has 90 valence electrons. The molecule has 1 aromatic carbocycles. The second-order valence-corrected chi connectivity index (χ2v) is 5.58. The number of nitrogens with one attached hydrogen (secondary N) is 1. The van der Waals surface area contributed by atoms with Gasteiger partial charge in [0.1, 0.15) is 0 Å². The molecule has 0 spiro atoms. The Labute approximate surface area is 110 Å². The third kappa shape index (κ3) is 5.34. The summed E-state index contributed by atoms with van der Waals surface area (Å²) < 4.78 is 6.23. The maximum Gasteiger partial charge on any atom is 0.0613 e. The molecule has 0 radical (unpaired) electrons. The quantitative estimate of drug-likeness (QED) is 0.617. The molecule has 0 aromatic heterocycles. The fourth-order valence-electron chi connectivity index (χ4n) is 1.34. The van der Waals surface area contributed by atoms with Crippen molar-refractivity contribution in [1.29, 1.82) is 0 Å². The average Bonchev–Trinajstić information content (AvgIpc) is 2.27. The molecule has 1 atom stereocenters. The second kappa shape index (κ2) is 8.12. The van der Waals surface area contributed by atoms with E-state index in [0.29, 0.717) is 6.04 Å². The predicted octanol–water partition coefficient (Wildman–Crippen LogP) is 3.17. The summed E-state index contributed by atoms with van der Waals surface area (Å²) >= 11 is 5.40. The van der Waals surface area contributed by atoms with Crippen molar-refractivity contribution in [2.45, 2.75) is 17.9 Å². The zero-order valence-electron chi connectivity index (χ0n) is 9.70. The molecule has 2 nitrogen and oxygen atoms in total. The maximum atomic E-state index is 5.06. The van der Waals surface area contributed by atoms with E-state index < -0.39 is 0 Å². The highest BCUT2D eigenvalue weighted by Gasteiger charge is 2.01. The Morgan fingerprint density at radius 1 is 1.44 bits per heavy atom. The van der Waals surface area contributed by atoms with Gasteiger partial charge in [0.2, 0.25) is 0 Å². The van der Waals surface area contributed by atoms with Crippen molar-refractivity contribution in [2.24, 2.45) is 0 Å². The van der Waals surface area contributed by atoms with Crippen LogP contribution in [0.5, 0.6) is 0 Å². The summed E-state index contributed by atoms with van der Waals surface area (Å²) in [5.41, 5.74) is 0. The molecule has 0 fully saturated rings. The normalized spacial score (nSPS) is 12.7. The van der Waals surface area contributed by atoms with Crippen molar-refractivity contribution < 1.29 is 4.74 Å². The number of hydrogen-bond acceptors (Lipinski definition) is 3. The molecular weight excluding hydrogens is 286 g/mol. The second-order valence-electron chi connectivity index (χ2n) is 3.59. The molecular formula is C12H18BrNOS. The van der Waals surface area contributed by atoms with Crippen molar-refractivity contribution in [2.75, 3.05) is 26.0 Å². The van der Waals surface area contributed by atoms with Crippen LogP contribution in [0.4, 0.5) is 0 Å². The molecule has 16 heavy (non-hydrogen) atoms. The van der Waals surface area contributed by atoms with Crippen LogP contribution in [0.2, 0.25) is 0 Å². The number of rotatable bonds is 7. The van der Waals surface area contributed by atoms with E-state index in [4.69, 9.17) is 4.74 Å². The molecule has 1 N–H and O–H groups in total. The largest absolute Gasteiger partial charge is 0.383 e. The molecule has 1 rings (SSSR count). The van der Waals surface area contributed by atoms with Gasteiger partial charge in [0.15, 0.2) is 0 Å². The number of thioether (sulfide) groups is 1. The van der Waals surface area contributed by atoms with Gasteiger partial charge in [-0.15, -0.1) is 11.8 Å². The third-order valence-corrected chi connectivity index (χ3v) is 4.13. The van der Waals surface area contributed by atoms with E-state index in [-0.39, 0.29) is 0 Å². The molecule has 0 heterocycles. The minimum absolute atomic E-state index is 0.421. The summed E-state index contributed by atoms with van der Waals surface area (Å²) in [6.07, 6.45) is 0. The molecule has 1 unspecified atom stereocenters. The molecule has 4 heteroatoms. The van der Waals surface area contributed by atoms with E-state index in [1.807, 2.05) is 17.8 Å². The Hall–Kier alpha value is -0.0300. The van der Waals surface area contributed by atoms with Gasteiger partial charge < -0.3 is 10.1 Å². The fourth-order valence-corrected chi connectivity index (χ4v) is 2.79. The average molecular weight is 304 g/mol. The van der Waals surface area contributed by atoms with Crippen molar-refractivity contribution in [3.8, 4) is 0 Å². The number of benzene rings is 1. The van der Waals surface area contributed by atoms with Gasteiger partial charge >= 0.3 is 0 Å². The summed E-state index contributed by atoms with van der Waals surface area (Å²) in [6.45, 7) is 3.89. The summed E-state index contributed by atoms with van der Waals surface area (Å²) in [5, 5.41) is 3.41. The minimum Gasteiger partial charge on any atom is -0.383 e. The zero-order chi connectivity index (χ0) is 11.8. The molecule has 1 aromatic rings. The molecule has 0 aliphatic rings. The van der Waals surface area contributed by atoms with Crippen molar-refractivity contribution in [3.05, 3.63) is 28.7 Å². The number of ether oxygens (including phenoxy) is 1. The van der Waals surface area contributed by atoms with E-state index in [2.05, 4.69) is 46.4 Å². The zero-order valence-corrected chi connectivity index (χ0v) is 12.1. The van der Waals surface area contributed by atoms with Crippen molar-refractivity contribution >= 4 is 27.7 Å². The van der Waals surface area contributed by atoms with Crippen LogP contribution in [0.15, 0.2) is 33.6 Å². The summed E-state index contributed by atoms with van der Waals surface area (Å²) in [5.74, 6) is 1.07. The molecule has 0 saturated heterocycles. The van der Waals surface area contributed by atoms with Gasteiger partial charge in [0, 0.05) is 34.8 Å². The first kappa shape index (κ1) is 14.0. The van der Waals surface area contributed by atoms with Crippen LogP contribution >= 0.6 is 27.7 Å². The first-order chi connectivity index (χ1) is 7.74. The molecule has 0 bridgehead atoms. The SMILES string of the molecule is COCC(C)NCCSc1ccccc1Br. The monoisotopic (exact) mass is 303 g/mol. The first-order valence-electron chi connectivity index (χ1n) is 5.33. The lowest BCUT2D eigenvalue weighted by Crippen LogP contribution is -2.31. The highest BCUT2D eigenvalue weighted by atomic mass is 79.9. The van der Waals surface area contributed by atoms with E-state index in [9.17, 15) is 0 Å². The summed E-state index contributed by atoms with van der Waals surface area (Å²) in [4.78, 5) is 1.30. The van der Waals surface area contributed by atoms with Gasteiger partial charge in [-0.05, 0) is 35.0 Å². The van der Waals surface area contributed by atoms with Crippen LogP contribution in [0.25, 0.3) is 0 Å². The number of halogens is 1. The topological polar surface area (TPSA) is 21.3 Å². The van der Waals surface area contributed by atoms with Crippen molar-refractivity contribution in [3.63, 3.8) is 0 Å². The minimum atomic E-state index is 0.421. The lowest BCUT2D eigenvalue weighted by atomic mass is 10.4. The number of hydrogen-bond donors (Lipinski definition) is 1. The summed E-state index contributed by atoms with van der Waals surface area (Å²) in [6, 6.07) is 8.72. The van der Waals surface area contributed by atoms with Gasteiger partial charge in [0.05, 0.1) is 6.61 Å². The molecule has 0 amide bonds. The highest BCUT2D eigenvalue weighted by molar-refractivity contribution is 9.10. The van der Waals surface area contributed by atoms with Crippen LogP contribution in [0.1, 0.15) is 6.92 Å². The van der Waals surface area contributed by atoms with Gasteiger partial charge in [-0.2, -0.15) is 0 Å². The van der Waals surface area contributed by atoms with Gasteiger partial charge in [-0.25, -0.2) is 0 Å². The van der Waals surface area contributed by atoms with Gasteiger partial charge in [0.25, 0.3) is 0 Å². The Morgan fingerprint density at radius 2 is 2.19 bits per heavy atom. The maximum absolute atomic E-state index is 5.06. The molecule has 0 aliphatic carbocycles. The first-order valence-corrected chi connectivity index (χ1v) is 7.11. The van der Waals surface area contributed by atoms with Crippen LogP contribution in [0, 0.1) is 0 Å². The van der Waals surface area contributed by atoms with E-state index in [1.165, 1.54) is 9.37 Å². The Kier molecular flexibility index (Phi) is 7.12. The van der Waals surface area contributed by atoms with Crippen molar-refractivity contribution in [1.82, 2.24) is 5.32 Å². The number of methoxy groups -OCH3 is 1. The van der Waals surface area contributed by atoms with E-state index in [1.54, 1.807) is 7.11 Å². The van der Waals surface area contributed by atoms with Crippen LogP contribution < -0.4 is 5.32 Å². The third-order valence-electron chi connectivity index (χ3n) is 2.11. The lowest BCUT2D eigenvalue weighted by molar-refractivity contribution is 0.173. The molecule has 0 saturated carbocycles. The Morgan fingerprint density at radius 3 is 2.88 bits per heavy atom. The molecule has 0 aliphatic heterocycles. The van der Waals surface area contributed by atoms with E-state index >= 15 is 0 Å². The predicted molar refractivity (Wildman–Crippen MR) is 74.2 cm³/mol. The van der Waals surface area contributed by atoms with Crippen LogP contribution in [-0.4, -0.2) is 32.1 Å². The summed E-state index contributed by atoms with van der Waals surface area (Å²) in [7, 11) is 1.73. The lowest BCUT2D eigenvalue weighted by Gasteiger charge is -2.12. The smallest absolute Gasteiger partial charge is 0.0613 e. The Bertz CT molecular complexity index is 309. The van der Waals surface area contributed by atoms with Crippen LogP contribution in [-0.2, 0) is 4.74 Å². The van der Waals surface area contributed by atoms with E-state index in [0.717, 1.165) is 18.9 Å².